The van der Waals surface area contributed by atoms with Crippen molar-refractivity contribution in [2.45, 2.75) is 9.92 Å². The van der Waals surface area contributed by atoms with E-state index in [0.29, 0.717) is 16.3 Å². The molecule has 0 radical (unpaired) electrons. The van der Waals surface area contributed by atoms with Crippen molar-refractivity contribution in [3.05, 3.63) is 90.7 Å². The van der Waals surface area contributed by atoms with Crippen LogP contribution in [0.4, 0.5) is 4.39 Å². The number of nitrogens with zero attached hydrogens (tertiary/aromatic N) is 3. The lowest BCUT2D eigenvalue weighted by atomic mass is 10.1. The molecule has 1 heterocycles. The van der Waals surface area contributed by atoms with Crippen molar-refractivity contribution in [1.29, 1.82) is 0 Å². The lowest BCUT2D eigenvalue weighted by molar-refractivity contribution is 0.629. The molecule has 1 aromatic heterocycles. The lowest BCUT2D eigenvalue weighted by Gasteiger charge is -2.09. The molecule has 0 aliphatic heterocycles. The molecule has 0 aliphatic carbocycles. The van der Waals surface area contributed by atoms with Crippen molar-refractivity contribution in [1.82, 2.24) is 15.2 Å². The Morgan fingerprint density at radius 1 is 0.692 bits per heavy atom. The van der Waals surface area contributed by atoms with Gasteiger partial charge in [-0.3, -0.25) is 0 Å². The van der Waals surface area contributed by atoms with E-state index in [0.717, 1.165) is 10.5 Å². The molecule has 126 valence electrons. The quantitative estimate of drug-likeness (QED) is 0.482. The zero-order chi connectivity index (χ0) is 17.8. The standard InChI is InChI=1S/C21H14FN3S/c22-18-14-8-7-13-17(18)20-23-21(26-16-11-5-2-6-12-16)19(24-25-20)15-9-3-1-4-10-15/h1-14H. The van der Waals surface area contributed by atoms with Crippen LogP contribution in [0.2, 0.25) is 0 Å². The normalized spacial score (nSPS) is 10.7. The largest absolute Gasteiger partial charge is 0.217 e. The van der Waals surface area contributed by atoms with E-state index < -0.39 is 0 Å². The first-order valence-electron chi connectivity index (χ1n) is 8.09. The number of hydrogen-bond acceptors (Lipinski definition) is 4. The second kappa shape index (κ2) is 7.45. The summed E-state index contributed by atoms with van der Waals surface area (Å²) in [5.74, 6) is -0.0846. The fraction of sp³-hybridized carbons (Fsp3) is 0. The first-order chi connectivity index (χ1) is 12.8. The van der Waals surface area contributed by atoms with Gasteiger partial charge in [-0.05, 0) is 24.3 Å². The van der Waals surface area contributed by atoms with E-state index in [1.807, 2.05) is 60.7 Å². The Morgan fingerprint density at radius 3 is 2.08 bits per heavy atom. The van der Waals surface area contributed by atoms with Gasteiger partial charge >= 0.3 is 0 Å². The number of benzene rings is 3. The van der Waals surface area contributed by atoms with Gasteiger partial charge in [0.15, 0.2) is 5.82 Å². The van der Waals surface area contributed by atoms with Gasteiger partial charge in [-0.25, -0.2) is 9.37 Å². The zero-order valence-electron chi connectivity index (χ0n) is 13.7. The molecular weight excluding hydrogens is 345 g/mol. The van der Waals surface area contributed by atoms with E-state index in [9.17, 15) is 4.39 Å². The van der Waals surface area contributed by atoms with Gasteiger partial charge in [0, 0.05) is 10.5 Å². The maximum absolute atomic E-state index is 14.1. The summed E-state index contributed by atoms with van der Waals surface area (Å²) in [5, 5.41) is 9.23. The van der Waals surface area contributed by atoms with Crippen molar-refractivity contribution in [3.63, 3.8) is 0 Å². The van der Waals surface area contributed by atoms with Crippen LogP contribution in [0, 0.1) is 5.82 Å². The van der Waals surface area contributed by atoms with Gasteiger partial charge in [-0.2, -0.15) is 0 Å². The van der Waals surface area contributed by atoms with Crippen molar-refractivity contribution in [2.75, 3.05) is 0 Å². The molecule has 0 saturated carbocycles. The molecule has 0 spiro atoms. The van der Waals surface area contributed by atoms with Crippen LogP contribution >= 0.6 is 11.8 Å². The molecule has 3 aromatic carbocycles. The highest BCUT2D eigenvalue weighted by molar-refractivity contribution is 7.99. The van der Waals surface area contributed by atoms with E-state index in [-0.39, 0.29) is 11.6 Å². The minimum Gasteiger partial charge on any atom is -0.217 e. The summed E-state index contributed by atoms with van der Waals surface area (Å²) < 4.78 is 14.1. The van der Waals surface area contributed by atoms with Crippen LogP contribution in [0.25, 0.3) is 22.6 Å². The van der Waals surface area contributed by atoms with Crippen molar-refractivity contribution in [3.8, 4) is 22.6 Å². The van der Waals surface area contributed by atoms with Crippen LogP contribution in [0.3, 0.4) is 0 Å². The van der Waals surface area contributed by atoms with Crippen molar-refractivity contribution < 1.29 is 4.39 Å². The topological polar surface area (TPSA) is 38.7 Å². The van der Waals surface area contributed by atoms with E-state index in [4.69, 9.17) is 0 Å². The second-order valence-corrected chi connectivity index (χ2v) is 6.61. The highest BCUT2D eigenvalue weighted by Crippen LogP contribution is 2.34. The SMILES string of the molecule is Fc1ccccc1-c1nnc(-c2ccccc2)c(Sc2ccccc2)n1. The Kier molecular flexibility index (Phi) is 4.71. The molecule has 0 amide bonds. The Hall–Kier alpha value is -3.05. The average Bonchev–Trinajstić information content (AvgIpc) is 2.70. The van der Waals surface area contributed by atoms with E-state index in [1.165, 1.54) is 17.8 Å². The minimum atomic E-state index is -0.363. The third-order valence-electron chi connectivity index (χ3n) is 3.77. The minimum absolute atomic E-state index is 0.279. The van der Waals surface area contributed by atoms with E-state index >= 15 is 0 Å². The number of aromatic nitrogens is 3. The molecular formula is C21H14FN3S. The van der Waals surface area contributed by atoms with Crippen molar-refractivity contribution in [2.24, 2.45) is 0 Å². The molecule has 0 N–H and O–H groups in total. The van der Waals surface area contributed by atoms with Crippen LogP contribution in [0.5, 0.6) is 0 Å². The van der Waals surface area contributed by atoms with Gasteiger partial charge in [0.25, 0.3) is 0 Å². The van der Waals surface area contributed by atoms with Gasteiger partial charge < -0.3 is 0 Å². The van der Waals surface area contributed by atoms with Gasteiger partial charge in [0.1, 0.15) is 16.5 Å². The van der Waals surface area contributed by atoms with Gasteiger partial charge in [-0.1, -0.05) is 72.4 Å². The Labute approximate surface area is 155 Å². The summed E-state index contributed by atoms with van der Waals surface area (Å²) in [6.07, 6.45) is 0. The number of rotatable bonds is 4. The highest BCUT2D eigenvalue weighted by atomic mass is 32.2. The van der Waals surface area contributed by atoms with Crippen molar-refractivity contribution >= 4 is 11.8 Å². The maximum Gasteiger partial charge on any atom is 0.185 e. The molecule has 0 aliphatic rings. The summed E-state index contributed by atoms with van der Waals surface area (Å²) in [7, 11) is 0. The van der Waals surface area contributed by atoms with Crippen LogP contribution in [-0.4, -0.2) is 15.2 Å². The summed E-state index contributed by atoms with van der Waals surface area (Å²) in [6, 6.07) is 26.1. The highest BCUT2D eigenvalue weighted by Gasteiger charge is 2.15. The monoisotopic (exact) mass is 359 g/mol. The third kappa shape index (κ3) is 3.48. The average molecular weight is 359 g/mol. The Balaban J connectivity index is 1.83. The fourth-order valence-electron chi connectivity index (χ4n) is 2.52. The van der Waals surface area contributed by atoms with E-state index in [1.54, 1.807) is 18.2 Å². The molecule has 4 rings (SSSR count). The third-order valence-corrected chi connectivity index (χ3v) is 4.76. The zero-order valence-corrected chi connectivity index (χ0v) is 14.5. The Morgan fingerprint density at radius 2 is 1.35 bits per heavy atom. The van der Waals surface area contributed by atoms with E-state index in [2.05, 4.69) is 15.2 Å². The summed E-state index contributed by atoms with van der Waals surface area (Å²) in [4.78, 5) is 5.66. The predicted molar refractivity (Wildman–Crippen MR) is 101 cm³/mol. The second-order valence-electron chi connectivity index (χ2n) is 5.55. The number of halogens is 1. The van der Waals surface area contributed by atoms with Gasteiger partial charge in [-0.15, -0.1) is 10.2 Å². The van der Waals surface area contributed by atoms with Crippen LogP contribution in [0.15, 0.2) is 94.9 Å². The molecule has 0 fully saturated rings. The molecule has 26 heavy (non-hydrogen) atoms. The molecule has 4 aromatic rings. The smallest absolute Gasteiger partial charge is 0.185 e. The first-order valence-corrected chi connectivity index (χ1v) is 8.91. The number of hydrogen-bond donors (Lipinski definition) is 0. The molecule has 0 unspecified atom stereocenters. The molecule has 5 heteroatoms. The first kappa shape index (κ1) is 16.4. The molecule has 0 saturated heterocycles. The maximum atomic E-state index is 14.1. The summed E-state index contributed by atoms with van der Waals surface area (Å²) in [5.41, 5.74) is 1.94. The van der Waals surface area contributed by atoms with Gasteiger partial charge in [0.2, 0.25) is 0 Å². The molecule has 3 nitrogen and oxygen atoms in total. The predicted octanol–water partition coefficient (Wildman–Crippen LogP) is 5.50. The Bertz CT molecular complexity index is 1020. The fourth-order valence-corrected chi connectivity index (χ4v) is 3.42. The van der Waals surface area contributed by atoms with Crippen LogP contribution in [-0.2, 0) is 0 Å². The summed E-state index contributed by atoms with van der Waals surface area (Å²) in [6.45, 7) is 0. The lowest BCUT2D eigenvalue weighted by Crippen LogP contribution is -2.00. The molecule has 0 atom stereocenters. The van der Waals surface area contributed by atoms with Crippen LogP contribution in [0.1, 0.15) is 0 Å². The summed E-state index contributed by atoms with van der Waals surface area (Å²) >= 11 is 1.49. The van der Waals surface area contributed by atoms with Crippen LogP contribution < -0.4 is 0 Å². The molecule has 0 bridgehead atoms. The van der Waals surface area contributed by atoms with Gasteiger partial charge in [0.05, 0.1) is 5.56 Å².